The average Bonchev–Trinajstić information content (AvgIpc) is 2.97. The van der Waals surface area contributed by atoms with Crippen molar-refractivity contribution in [2.24, 2.45) is 5.73 Å². The highest BCUT2D eigenvalue weighted by Crippen LogP contribution is 2.23. The minimum Gasteiger partial charge on any atom is -0.457 e. The first-order valence-electron chi connectivity index (χ1n) is 12.2. The Bertz CT molecular complexity index is 1330. The van der Waals surface area contributed by atoms with Crippen molar-refractivity contribution in [1.82, 2.24) is 0 Å². The number of carbonyl (C=O) groups is 1. The Balaban J connectivity index is 0.000000225. The number of nitrogen functional groups attached to an aromatic ring is 1. The molecule has 0 saturated carbocycles. The molecule has 192 valence electrons. The normalized spacial score (nSPS) is 9.66. The Morgan fingerprint density at radius 1 is 0.500 bits per heavy atom. The summed E-state index contributed by atoms with van der Waals surface area (Å²) in [5, 5.41) is 0. The van der Waals surface area contributed by atoms with E-state index in [1.54, 1.807) is 48.5 Å². The lowest BCUT2D eigenvalue weighted by Gasteiger charge is -2.07. The monoisotopic (exact) mass is 504 g/mol. The average molecular weight is 505 g/mol. The summed E-state index contributed by atoms with van der Waals surface area (Å²) in [7, 11) is 1.50. The van der Waals surface area contributed by atoms with E-state index < -0.39 is 0 Å². The van der Waals surface area contributed by atoms with Crippen LogP contribution in [-0.2, 0) is 0 Å². The van der Waals surface area contributed by atoms with Gasteiger partial charge in [0, 0.05) is 16.8 Å². The molecule has 0 fully saturated rings. The van der Waals surface area contributed by atoms with Crippen molar-refractivity contribution >= 4 is 11.5 Å². The minimum atomic E-state index is 0.00374. The van der Waals surface area contributed by atoms with Gasteiger partial charge in [-0.2, -0.15) is 0 Å². The molecule has 0 aromatic heterocycles. The van der Waals surface area contributed by atoms with E-state index in [1.807, 2.05) is 91.9 Å². The van der Waals surface area contributed by atoms with Gasteiger partial charge in [-0.25, -0.2) is 0 Å². The van der Waals surface area contributed by atoms with Crippen LogP contribution in [0.2, 0.25) is 0 Å². The molecule has 5 nitrogen and oxygen atoms in total. The van der Waals surface area contributed by atoms with E-state index in [9.17, 15) is 4.79 Å². The lowest BCUT2D eigenvalue weighted by molar-refractivity contribution is 0.103. The van der Waals surface area contributed by atoms with Gasteiger partial charge in [-0.3, -0.25) is 4.79 Å². The van der Waals surface area contributed by atoms with Gasteiger partial charge in [0.15, 0.2) is 5.78 Å². The first kappa shape index (κ1) is 27.7. The maximum atomic E-state index is 12.4. The predicted octanol–water partition coefficient (Wildman–Crippen LogP) is 7.65. The molecule has 5 aromatic carbocycles. The summed E-state index contributed by atoms with van der Waals surface area (Å²) in [6.45, 7) is 2.00. The number of benzene rings is 5. The van der Waals surface area contributed by atoms with Crippen molar-refractivity contribution in [3.8, 4) is 23.0 Å². The maximum Gasteiger partial charge on any atom is 0.193 e. The number of ether oxygens (including phenoxy) is 2. The Hall–Kier alpha value is -4.87. The minimum absolute atomic E-state index is 0.00374. The highest BCUT2D eigenvalue weighted by Gasteiger charge is 2.09. The quantitative estimate of drug-likeness (QED) is 0.183. The fraction of sp³-hybridized carbons (Fsp3) is 0.0606. The van der Waals surface area contributed by atoms with E-state index in [0.717, 1.165) is 17.1 Å². The van der Waals surface area contributed by atoms with Gasteiger partial charge < -0.3 is 20.9 Å². The highest BCUT2D eigenvalue weighted by atomic mass is 16.5. The molecule has 0 bridgehead atoms. The fourth-order valence-electron chi connectivity index (χ4n) is 3.33. The molecule has 0 spiro atoms. The van der Waals surface area contributed by atoms with E-state index >= 15 is 0 Å². The van der Waals surface area contributed by atoms with Crippen LogP contribution in [0.15, 0.2) is 133 Å². The summed E-state index contributed by atoms with van der Waals surface area (Å²) in [5.74, 6) is 3.12. The van der Waals surface area contributed by atoms with Crippen LogP contribution in [0.25, 0.3) is 0 Å². The molecule has 5 heteroatoms. The third-order valence-corrected chi connectivity index (χ3v) is 5.27. The largest absolute Gasteiger partial charge is 0.457 e. The van der Waals surface area contributed by atoms with Crippen LogP contribution in [0.3, 0.4) is 0 Å². The van der Waals surface area contributed by atoms with Crippen LogP contribution in [0.5, 0.6) is 23.0 Å². The van der Waals surface area contributed by atoms with E-state index in [-0.39, 0.29) is 5.78 Å². The van der Waals surface area contributed by atoms with Gasteiger partial charge in [0.2, 0.25) is 0 Å². The number of aryl methyl sites for hydroxylation is 1. The van der Waals surface area contributed by atoms with Crippen molar-refractivity contribution in [3.05, 3.63) is 150 Å². The standard InChI is InChI=1S/C20H17NO2.C12H10O.CH5N/c1-14-2-4-15(5-3-14)20(22)16-6-10-18(11-7-16)23-19-12-8-17(21)9-13-19;1-3-7-11(8-4-1)13-12-9-5-2-6-10-12;1-2/h2-13H,21H2,1H3;1-10H;2H2,1H3. The van der Waals surface area contributed by atoms with Gasteiger partial charge in [0.05, 0.1) is 0 Å². The summed E-state index contributed by atoms with van der Waals surface area (Å²) in [6.07, 6.45) is 0. The molecule has 0 aliphatic carbocycles. The molecule has 0 aliphatic heterocycles. The molecule has 0 heterocycles. The van der Waals surface area contributed by atoms with Crippen molar-refractivity contribution in [1.29, 1.82) is 0 Å². The van der Waals surface area contributed by atoms with Crippen LogP contribution in [0.1, 0.15) is 21.5 Å². The summed E-state index contributed by atoms with van der Waals surface area (Å²) in [6, 6.07) is 41.4. The number of anilines is 1. The number of hydrogen-bond donors (Lipinski definition) is 2. The highest BCUT2D eigenvalue weighted by molar-refractivity contribution is 6.09. The van der Waals surface area contributed by atoms with Crippen molar-refractivity contribution in [2.45, 2.75) is 6.92 Å². The maximum absolute atomic E-state index is 12.4. The summed E-state index contributed by atoms with van der Waals surface area (Å²) in [4.78, 5) is 12.4. The predicted molar refractivity (Wildman–Crippen MR) is 155 cm³/mol. The molecule has 0 atom stereocenters. The third-order valence-electron chi connectivity index (χ3n) is 5.27. The second-order valence-corrected chi connectivity index (χ2v) is 8.12. The zero-order valence-electron chi connectivity index (χ0n) is 21.6. The smallest absolute Gasteiger partial charge is 0.193 e. The zero-order chi connectivity index (χ0) is 27.2. The molecular weight excluding hydrogens is 472 g/mol. The van der Waals surface area contributed by atoms with Crippen LogP contribution < -0.4 is 20.9 Å². The fourth-order valence-corrected chi connectivity index (χ4v) is 3.33. The van der Waals surface area contributed by atoms with Crippen molar-refractivity contribution in [2.75, 3.05) is 12.8 Å². The topological polar surface area (TPSA) is 87.6 Å². The molecule has 0 saturated heterocycles. The molecule has 4 N–H and O–H groups in total. The number of ketones is 1. The Labute approximate surface area is 224 Å². The molecule has 5 aromatic rings. The Morgan fingerprint density at radius 3 is 1.26 bits per heavy atom. The van der Waals surface area contributed by atoms with E-state index in [4.69, 9.17) is 15.2 Å². The third kappa shape index (κ3) is 8.66. The van der Waals surface area contributed by atoms with Crippen LogP contribution in [0.4, 0.5) is 5.69 Å². The molecule has 5 rings (SSSR count). The number of para-hydroxylation sites is 2. The SMILES string of the molecule is CN.Cc1ccc(C(=O)c2ccc(Oc3ccc(N)cc3)cc2)cc1.c1ccc(Oc2ccccc2)cc1. The first-order chi connectivity index (χ1) is 18.6. The second kappa shape index (κ2) is 14.6. The second-order valence-electron chi connectivity index (χ2n) is 8.12. The molecule has 0 aliphatic rings. The number of carbonyl (C=O) groups excluding carboxylic acids is 1. The van der Waals surface area contributed by atoms with E-state index in [0.29, 0.717) is 28.3 Å². The lowest BCUT2D eigenvalue weighted by Crippen LogP contribution is -2.00. The summed E-state index contributed by atoms with van der Waals surface area (Å²) in [5.41, 5.74) is 13.3. The number of hydrogen-bond acceptors (Lipinski definition) is 5. The summed E-state index contributed by atoms with van der Waals surface area (Å²) < 4.78 is 11.3. The Kier molecular flexibility index (Phi) is 10.7. The van der Waals surface area contributed by atoms with Gasteiger partial charge in [0.1, 0.15) is 23.0 Å². The molecule has 0 amide bonds. The first-order valence-corrected chi connectivity index (χ1v) is 12.2. The Morgan fingerprint density at radius 2 is 0.842 bits per heavy atom. The van der Waals surface area contributed by atoms with Gasteiger partial charge in [-0.15, -0.1) is 0 Å². The molecule has 0 radical (unpaired) electrons. The molecular formula is C33H32N2O3. The molecule has 0 unspecified atom stereocenters. The van der Waals surface area contributed by atoms with Gasteiger partial charge >= 0.3 is 0 Å². The van der Waals surface area contributed by atoms with E-state index in [1.165, 1.54) is 7.05 Å². The molecule has 38 heavy (non-hydrogen) atoms. The van der Waals surface area contributed by atoms with Crippen molar-refractivity contribution in [3.63, 3.8) is 0 Å². The lowest BCUT2D eigenvalue weighted by atomic mass is 10.0. The van der Waals surface area contributed by atoms with Crippen LogP contribution >= 0.6 is 0 Å². The van der Waals surface area contributed by atoms with Gasteiger partial charge in [-0.1, -0.05) is 66.2 Å². The summed E-state index contributed by atoms with van der Waals surface area (Å²) >= 11 is 0. The number of nitrogens with two attached hydrogens (primary N) is 2. The van der Waals surface area contributed by atoms with Gasteiger partial charge in [0.25, 0.3) is 0 Å². The van der Waals surface area contributed by atoms with Crippen LogP contribution in [-0.4, -0.2) is 12.8 Å². The van der Waals surface area contributed by atoms with Crippen LogP contribution in [0, 0.1) is 6.92 Å². The van der Waals surface area contributed by atoms with Crippen molar-refractivity contribution < 1.29 is 14.3 Å². The number of rotatable bonds is 6. The van der Waals surface area contributed by atoms with E-state index in [2.05, 4.69) is 5.73 Å². The zero-order valence-corrected chi connectivity index (χ0v) is 21.6. The van der Waals surface area contributed by atoms with Gasteiger partial charge in [-0.05, 0) is 86.8 Å².